The van der Waals surface area contributed by atoms with Crippen molar-refractivity contribution in [3.63, 3.8) is 0 Å². The molecule has 23 heavy (non-hydrogen) atoms. The summed E-state index contributed by atoms with van der Waals surface area (Å²) in [6.45, 7) is 4.02. The Labute approximate surface area is 143 Å². The summed E-state index contributed by atoms with van der Waals surface area (Å²) in [6.07, 6.45) is 0.106. The van der Waals surface area contributed by atoms with Gasteiger partial charge in [0.25, 0.3) is 0 Å². The van der Waals surface area contributed by atoms with Crippen LogP contribution in [0.1, 0.15) is 16.8 Å². The number of hydrogen-bond acceptors (Lipinski definition) is 3. The quantitative estimate of drug-likeness (QED) is 0.729. The van der Waals surface area contributed by atoms with Crippen molar-refractivity contribution in [2.45, 2.75) is 20.3 Å². The molecule has 1 heterocycles. The van der Waals surface area contributed by atoms with Gasteiger partial charge in [0, 0.05) is 10.4 Å². The number of hydrogen-bond donors (Lipinski definition) is 1. The Morgan fingerprint density at radius 2 is 1.91 bits per heavy atom. The van der Waals surface area contributed by atoms with E-state index in [2.05, 4.69) is 10.5 Å². The Morgan fingerprint density at radius 1 is 1.17 bits per heavy atom. The second kappa shape index (κ2) is 6.22. The number of rotatable bonds is 3. The van der Waals surface area contributed by atoms with Crippen LogP contribution in [-0.2, 0) is 11.2 Å². The average molecular weight is 349 g/mol. The van der Waals surface area contributed by atoms with Crippen molar-refractivity contribution >= 4 is 45.8 Å². The lowest BCUT2D eigenvalue weighted by atomic mass is 10.1. The van der Waals surface area contributed by atoms with Crippen LogP contribution in [0.4, 0.5) is 5.69 Å². The lowest BCUT2D eigenvalue weighted by Gasteiger charge is -2.06. The smallest absolute Gasteiger partial charge is 0.230 e. The molecule has 0 aliphatic rings. The number of amides is 1. The summed E-state index contributed by atoms with van der Waals surface area (Å²) in [4.78, 5) is 12.2. The highest BCUT2D eigenvalue weighted by Crippen LogP contribution is 2.26. The molecule has 1 amide bonds. The number of aromatic nitrogens is 1. The van der Waals surface area contributed by atoms with E-state index >= 15 is 0 Å². The lowest BCUT2D eigenvalue weighted by Crippen LogP contribution is -2.15. The number of anilines is 1. The molecule has 1 N–H and O–H groups in total. The molecule has 0 fully saturated rings. The van der Waals surface area contributed by atoms with Crippen molar-refractivity contribution in [1.82, 2.24) is 5.16 Å². The monoisotopic (exact) mass is 348 g/mol. The molecule has 1 aromatic heterocycles. The largest absolute Gasteiger partial charge is 0.356 e. The number of carbonyl (C=O) groups is 1. The van der Waals surface area contributed by atoms with Gasteiger partial charge in [-0.2, -0.15) is 0 Å². The standard InChI is InChI=1S/C17H14Cl2N2O2/c1-9-5-12-15(21-23-16(12)6-10(9)2)8-17(22)20-14-4-3-11(18)7-13(14)19/h3-7H,8H2,1-2H3,(H,20,22). The predicted octanol–water partition coefficient (Wildman–Crippen LogP) is 4.93. The van der Waals surface area contributed by atoms with Crippen molar-refractivity contribution in [3.8, 4) is 0 Å². The molecule has 0 saturated heterocycles. The van der Waals surface area contributed by atoms with Crippen molar-refractivity contribution in [2.24, 2.45) is 0 Å². The zero-order chi connectivity index (χ0) is 16.6. The van der Waals surface area contributed by atoms with Gasteiger partial charge in [-0.05, 0) is 55.3 Å². The van der Waals surface area contributed by atoms with Crippen LogP contribution in [-0.4, -0.2) is 11.1 Å². The third-order valence-corrected chi connectivity index (χ3v) is 4.24. The van der Waals surface area contributed by atoms with Crippen LogP contribution in [0.2, 0.25) is 10.0 Å². The molecule has 0 radical (unpaired) electrons. The van der Waals surface area contributed by atoms with Crippen molar-refractivity contribution < 1.29 is 9.32 Å². The van der Waals surface area contributed by atoms with E-state index in [1.165, 1.54) is 0 Å². The van der Waals surface area contributed by atoms with E-state index in [0.29, 0.717) is 27.0 Å². The van der Waals surface area contributed by atoms with Crippen LogP contribution in [0.3, 0.4) is 0 Å². The predicted molar refractivity (Wildman–Crippen MR) is 92.3 cm³/mol. The maximum absolute atomic E-state index is 12.2. The van der Waals surface area contributed by atoms with Gasteiger partial charge < -0.3 is 9.84 Å². The van der Waals surface area contributed by atoms with E-state index in [0.717, 1.165) is 16.5 Å². The molecule has 0 unspecified atom stereocenters. The molecule has 2 aromatic carbocycles. The first-order valence-electron chi connectivity index (χ1n) is 7.04. The molecule has 3 rings (SSSR count). The van der Waals surface area contributed by atoms with E-state index in [1.54, 1.807) is 18.2 Å². The van der Waals surface area contributed by atoms with Gasteiger partial charge in [0.1, 0.15) is 5.69 Å². The molecule has 0 aliphatic heterocycles. The number of benzene rings is 2. The van der Waals surface area contributed by atoms with E-state index < -0.39 is 0 Å². The second-order valence-electron chi connectivity index (χ2n) is 5.41. The van der Waals surface area contributed by atoms with Crippen LogP contribution >= 0.6 is 23.2 Å². The summed E-state index contributed by atoms with van der Waals surface area (Å²) >= 11 is 11.9. The minimum atomic E-state index is -0.220. The normalized spacial score (nSPS) is 11.0. The molecule has 4 nitrogen and oxygen atoms in total. The highest BCUT2D eigenvalue weighted by Gasteiger charge is 2.14. The second-order valence-corrected chi connectivity index (χ2v) is 6.25. The fourth-order valence-corrected chi connectivity index (χ4v) is 2.76. The average Bonchev–Trinajstić information content (AvgIpc) is 2.85. The molecule has 6 heteroatoms. The van der Waals surface area contributed by atoms with Crippen molar-refractivity contribution in [3.05, 3.63) is 57.2 Å². The lowest BCUT2D eigenvalue weighted by molar-refractivity contribution is -0.115. The maximum atomic E-state index is 12.2. The molecular formula is C17H14Cl2N2O2. The summed E-state index contributed by atoms with van der Waals surface area (Å²) in [5.41, 5.74) is 4.05. The van der Waals surface area contributed by atoms with Crippen molar-refractivity contribution in [1.29, 1.82) is 0 Å². The minimum absolute atomic E-state index is 0.106. The summed E-state index contributed by atoms with van der Waals surface area (Å²) in [7, 11) is 0. The first-order valence-corrected chi connectivity index (χ1v) is 7.80. The molecule has 0 spiro atoms. The van der Waals surface area contributed by atoms with Gasteiger partial charge >= 0.3 is 0 Å². The Bertz CT molecular complexity index is 903. The van der Waals surface area contributed by atoms with Crippen LogP contribution in [0.15, 0.2) is 34.9 Å². The Hall–Kier alpha value is -2.04. The summed E-state index contributed by atoms with van der Waals surface area (Å²) in [5.74, 6) is -0.220. The molecule has 0 saturated carbocycles. The SMILES string of the molecule is Cc1cc2onc(CC(=O)Nc3ccc(Cl)cc3Cl)c2cc1C. The Balaban J connectivity index is 1.81. The van der Waals surface area contributed by atoms with Crippen LogP contribution in [0, 0.1) is 13.8 Å². The molecular weight excluding hydrogens is 335 g/mol. The number of fused-ring (bicyclic) bond motifs is 1. The van der Waals surface area contributed by atoms with E-state index in [1.807, 2.05) is 26.0 Å². The van der Waals surface area contributed by atoms with Crippen LogP contribution < -0.4 is 5.32 Å². The zero-order valence-electron chi connectivity index (χ0n) is 12.6. The maximum Gasteiger partial charge on any atom is 0.230 e. The van der Waals surface area contributed by atoms with Gasteiger partial charge in [0.15, 0.2) is 5.58 Å². The number of nitrogens with zero attached hydrogens (tertiary/aromatic N) is 1. The fraction of sp³-hybridized carbons (Fsp3) is 0.176. The molecule has 3 aromatic rings. The Kier molecular flexibility index (Phi) is 4.28. The number of carbonyl (C=O) groups excluding carboxylic acids is 1. The molecule has 0 atom stereocenters. The summed E-state index contributed by atoms with van der Waals surface area (Å²) in [5, 5.41) is 8.52. The topological polar surface area (TPSA) is 55.1 Å². The van der Waals surface area contributed by atoms with Crippen LogP contribution in [0.5, 0.6) is 0 Å². The van der Waals surface area contributed by atoms with E-state index in [9.17, 15) is 4.79 Å². The van der Waals surface area contributed by atoms with Gasteiger partial charge in [-0.3, -0.25) is 4.79 Å². The van der Waals surface area contributed by atoms with Gasteiger partial charge in [-0.25, -0.2) is 0 Å². The fourth-order valence-electron chi connectivity index (χ4n) is 2.31. The highest BCUT2D eigenvalue weighted by atomic mass is 35.5. The molecule has 0 aliphatic carbocycles. The van der Waals surface area contributed by atoms with Gasteiger partial charge in [0.05, 0.1) is 17.1 Å². The van der Waals surface area contributed by atoms with Gasteiger partial charge in [-0.15, -0.1) is 0 Å². The number of nitrogens with one attached hydrogen (secondary N) is 1. The van der Waals surface area contributed by atoms with E-state index in [4.69, 9.17) is 27.7 Å². The van der Waals surface area contributed by atoms with Gasteiger partial charge in [0.2, 0.25) is 5.91 Å². The summed E-state index contributed by atoms with van der Waals surface area (Å²) < 4.78 is 5.30. The molecule has 0 bridgehead atoms. The van der Waals surface area contributed by atoms with Gasteiger partial charge in [-0.1, -0.05) is 28.4 Å². The van der Waals surface area contributed by atoms with Crippen LogP contribution in [0.25, 0.3) is 11.0 Å². The first kappa shape index (κ1) is 15.8. The van der Waals surface area contributed by atoms with E-state index in [-0.39, 0.29) is 12.3 Å². The third kappa shape index (κ3) is 3.33. The highest BCUT2D eigenvalue weighted by molar-refractivity contribution is 6.36. The number of aryl methyl sites for hydroxylation is 2. The molecule has 118 valence electrons. The first-order chi connectivity index (χ1) is 10.9. The Morgan fingerprint density at radius 3 is 2.65 bits per heavy atom. The number of halogens is 2. The third-order valence-electron chi connectivity index (χ3n) is 3.69. The minimum Gasteiger partial charge on any atom is -0.356 e. The van der Waals surface area contributed by atoms with Crippen molar-refractivity contribution in [2.75, 3.05) is 5.32 Å². The zero-order valence-corrected chi connectivity index (χ0v) is 14.1. The summed E-state index contributed by atoms with van der Waals surface area (Å²) in [6, 6.07) is 8.82.